The molecule has 0 aromatic heterocycles. The third-order valence-electron chi connectivity index (χ3n) is 2.30. The van der Waals surface area contributed by atoms with E-state index in [9.17, 15) is 13.2 Å². The fourth-order valence-electron chi connectivity index (χ4n) is 1.40. The van der Waals surface area contributed by atoms with E-state index in [2.05, 4.69) is 0 Å². The number of alkyl halides is 3. The Morgan fingerprint density at radius 2 is 1.16 bits per heavy atom. The summed E-state index contributed by atoms with van der Waals surface area (Å²) in [6.45, 7) is 6.65. The van der Waals surface area contributed by atoms with E-state index in [0.29, 0.717) is 39.1 Å². The molecule has 0 bridgehead atoms. The molecule has 0 aliphatic heterocycles. The molecule has 0 amide bonds. The van der Waals surface area contributed by atoms with Crippen molar-refractivity contribution in [3.63, 3.8) is 0 Å². The largest absolute Gasteiger partial charge is 0.504 e. The molecular formula is C12H25F3O3Si. The summed E-state index contributed by atoms with van der Waals surface area (Å²) in [6.07, 6.45) is -3.20. The minimum absolute atomic E-state index is 0.329. The number of hydrogen-bond acceptors (Lipinski definition) is 3. The van der Waals surface area contributed by atoms with Crippen molar-refractivity contribution in [2.75, 3.05) is 19.8 Å². The van der Waals surface area contributed by atoms with Crippen molar-refractivity contribution in [1.29, 1.82) is 0 Å². The summed E-state index contributed by atoms with van der Waals surface area (Å²) in [5.41, 5.74) is 0. The van der Waals surface area contributed by atoms with Crippen LogP contribution in [0.25, 0.3) is 0 Å². The molecule has 1 atom stereocenters. The Morgan fingerprint density at radius 3 is 1.42 bits per heavy atom. The Balaban J connectivity index is 4.75. The third-order valence-corrected chi connectivity index (χ3v) is 5.12. The summed E-state index contributed by atoms with van der Waals surface area (Å²) in [7, 11) is -3.34. The maximum atomic E-state index is 13.3. The van der Waals surface area contributed by atoms with Gasteiger partial charge in [-0.05, 0) is 19.3 Å². The molecule has 0 heterocycles. The highest BCUT2D eigenvalue weighted by molar-refractivity contribution is 6.60. The summed E-state index contributed by atoms with van der Waals surface area (Å²) in [5, 5.41) is 0. The second kappa shape index (κ2) is 10.6. The van der Waals surface area contributed by atoms with Crippen LogP contribution in [0, 0.1) is 0 Å². The highest BCUT2D eigenvalue weighted by Crippen LogP contribution is 2.24. The highest BCUT2D eigenvalue weighted by atomic mass is 28.4. The first-order valence-corrected chi connectivity index (χ1v) is 8.78. The van der Waals surface area contributed by atoms with Crippen LogP contribution in [0.4, 0.5) is 13.2 Å². The first-order chi connectivity index (χ1) is 9.01. The van der Waals surface area contributed by atoms with Gasteiger partial charge in [0.2, 0.25) is 0 Å². The van der Waals surface area contributed by atoms with Crippen LogP contribution in [0.15, 0.2) is 0 Å². The molecule has 1 unspecified atom stereocenters. The van der Waals surface area contributed by atoms with Gasteiger partial charge in [0.05, 0.1) is 6.04 Å². The van der Waals surface area contributed by atoms with Gasteiger partial charge in [-0.2, -0.15) is 0 Å². The zero-order chi connectivity index (χ0) is 14.7. The van der Waals surface area contributed by atoms with Crippen molar-refractivity contribution in [1.82, 2.24) is 0 Å². The van der Waals surface area contributed by atoms with Crippen molar-refractivity contribution < 1.29 is 26.4 Å². The summed E-state index contributed by atoms with van der Waals surface area (Å²) in [6, 6.07) is -0.481. The molecule has 0 fully saturated rings. The molecule has 0 saturated heterocycles. The fraction of sp³-hybridized carbons (Fsp3) is 1.00. The predicted octanol–water partition coefficient (Wildman–Crippen LogP) is 3.81. The SMILES string of the molecule is CCCO[Si](CC(F)C(F)F)(OCCC)OCCC. The van der Waals surface area contributed by atoms with Crippen LogP contribution < -0.4 is 0 Å². The maximum Gasteiger partial charge on any atom is 0.504 e. The van der Waals surface area contributed by atoms with E-state index in [0.717, 1.165) is 0 Å². The Bertz CT molecular complexity index is 199. The minimum Gasteiger partial charge on any atom is -0.373 e. The second-order valence-electron chi connectivity index (χ2n) is 4.28. The van der Waals surface area contributed by atoms with Crippen LogP contribution in [0.5, 0.6) is 0 Å². The average Bonchev–Trinajstić information content (AvgIpc) is 2.40. The van der Waals surface area contributed by atoms with Gasteiger partial charge < -0.3 is 13.3 Å². The van der Waals surface area contributed by atoms with E-state index >= 15 is 0 Å². The monoisotopic (exact) mass is 302 g/mol. The Hall–Kier alpha value is -0.113. The maximum absolute atomic E-state index is 13.3. The molecule has 116 valence electrons. The molecule has 7 heteroatoms. The Morgan fingerprint density at radius 1 is 0.789 bits per heavy atom. The van der Waals surface area contributed by atoms with Crippen LogP contribution in [0.1, 0.15) is 40.0 Å². The van der Waals surface area contributed by atoms with Gasteiger partial charge in [-0.25, -0.2) is 13.2 Å². The summed E-state index contributed by atoms with van der Waals surface area (Å²) < 4.78 is 54.7. The lowest BCUT2D eigenvalue weighted by molar-refractivity contribution is 0.0216. The lowest BCUT2D eigenvalue weighted by Gasteiger charge is -2.30. The van der Waals surface area contributed by atoms with Crippen molar-refractivity contribution in [3.05, 3.63) is 0 Å². The van der Waals surface area contributed by atoms with E-state index in [4.69, 9.17) is 13.3 Å². The number of rotatable bonds is 12. The van der Waals surface area contributed by atoms with Crippen molar-refractivity contribution in [3.8, 4) is 0 Å². The molecule has 0 aromatic carbocycles. The van der Waals surface area contributed by atoms with Crippen molar-refractivity contribution in [2.45, 2.75) is 58.7 Å². The van der Waals surface area contributed by atoms with Gasteiger partial charge in [0.1, 0.15) is 0 Å². The standard InChI is InChI=1S/C12H25F3O3Si/c1-4-7-16-19(17-8-5-2,18-9-6-3)10-11(13)12(14)15/h11-12H,4-10H2,1-3H3. The fourth-order valence-corrected chi connectivity index (χ4v) is 4.21. The van der Waals surface area contributed by atoms with Gasteiger partial charge >= 0.3 is 8.80 Å². The summed E-state index contributed by atoms with van der Waals surface area (Å²) in [5.74, 6) is 0. The van der Waals surface area contributed by atoms with Crippen LogP contribution in [-0.4, -0.2) is 41.2 Å². The molecular weight excluding hydrogens is 277 g/mol. The van der Waals surface area contributed by atoms with Crippen molar-refractivity contribution in [2.24, 2.45) is 0 Å². The Kier molecular flexibility index (Phi) is 10.6. The Labute approximate surface area is 114 Å². The zero-order valence-electron chi connectivity index (χ0n) is 12.0. The quantitative estimate of drug-likeness (QED) is 0.513. The van der Waals surface area contributed by atoms with Gasteiger partial charge in [0.25, 0.3) is 6.43 Å². The van der Waals surface area contributed by atoms with Crippen LogP contribution >= 0.6 is 0 Å². The molecule has 0 aromatic rings. The molecule has 0 rings (SSSR count). The first-order valence-electron chi connectivity index (χ1n) is 6.85. The molecule has 0 spiro atoms. The van der Waals surface area contributed by atoms with E-state index in [1.807, 2.05) is 20.8 Å². The highest BCUT2D eigenvalue weighted by Gasteiger charge is 2.45. The molecule has 0 aliphatic rings. The van der Waals surface area contributed by atoms with Crippen LogP contribution in [0.3, 0.4) is 0 Å². The normalized spacial score (nSPS) is 14.1. The van der Waals surface area contributed by atoms with Crippen LogP contribution in [0.2, 0.25) is 6.04 Å². The number of hydrogen-bond donors (Lipinski definition) is 0. The van der Waals surface area contributed by atoms with Gasteiger partial charge in [-0.1, -0.05) is 20.8 Å². The molecule has 19 heavy (non-hydrogen) atoms. The van der Waals surface area contributed by atoms with E-state index in [-0.39, 0.29) is 0 Å². The van der Waals surface area contributed by atoms with Gasteiger partial charge in [-0.15, -0.1) is 0 Å². The second-order valence-corrected chi connectivity index (χ2v) is 6.92. The predicted molar refractivity (Wildman–Crippen MR) is 70.2 cm³/mol. The van der Waals surface area contributed by atoms with Gasteiger partial charge in [-0.3, -0.25) is 0 Å². The molecule has 0 saturated carbocycles. The van der Waals surface area contributed by atoms with E-state index in [1.54, 1.807) is 0 Å². The summed E-state index contributed by atoms with van der Waals surface area (Å²) in [4.78, 5) is 0. The lowest BCUT2D eigenvalue weighted by Crippen LogP contribution is -2.49. The molecule has 0 radical (unpaired) electrons. The molecule has 3 nitrogen and oxygen atoms in total. The lowest BCUT2D eigenvalue weighted by atomic mass is 10.5. The first kappa shape index (κ1) is 18.9. The van der Waals surface area contributed by atoms with Crippen molar-refractivity contribution >= 4 is 8.80 Å². The number of halogens is 3. The van der Waals surface area contributed by atoms with Gasteiger partial charge in [0, 0.05) is 19.8 Å². The third kappa shape index (κ3) is 7.91. The van der Waals surface area contributed by atoms with E-state index < -0.39 is 27.4 Å². The molecule has 0 N–H and O–H groups in total. The zero-order valence-corrected chi connectivity index (χ0v) is 13.0. The topological polar surface area (TPSA) is 27.7 Å². The van der Waals surface area contributed by atoms with Gasteiger partial charge in [0.15, 0.2) is 6.17 Å². The van der Waals surface area contributed by atoms with E-state index in [1.165, 1.54) is 0 Å². The molecule has 0 aliphatic carbocycles. The smallest absolute Gasteiger partial charge is 0.373 e. The minimum atomic E-state index is -3.34. The average molecular weight is 302 g/mol. The summed E-state index contributed by atoms with van der Waals surface area (Å²) >= 11 is 0. The van der Waals surface area contributed by atoms with Crippen LogP contribution in [-0.2, 0) is 13.3 Å².